The van der Waals surface area contributed by atoms with Crippen molar-refractivity contribution in [2.45, 2.75) is 0 Å². The van der Waals surface area contributed by atoms with E-state index in [9.17, 15) is 14.4 Å². The number of aryl methyl sites for hydroxylation is 1. The Morgan fingerprint density at radius 1 is 1.38 bits per heavy atom. The number of nitriles is 1. The zero-order valence-electron chi connectivity index (χ0n) is 13.3. The normalized spacial score (nSPS) is 11.2. The molecule has 4 aromatic rings. The van der Waals surface area contributed by atoms with Gasteiger partial charge in [0.15, 0.2) is 5.78 Å². The van der Waals surface area contributed by atoms with Gasteiger partial charge in [-0.1, -0.05) is 11.6 Å². The predicted molar refractivity (Wildman–Crippen MR) is 98.9 cm³/mol. The molecule has 128 valence electrons. The molecule has 0 bridgehead atoms. The second-order valence-electron chi connectivity index (χ2n) is 5.70. The van der Waals surface area contributed by atoms with Crippen molar-refractivity contribution in [2.75, 3.05) is 0 Å². The van der Waals surface area contributed by atoms with Gasteiger partial charge in [-0.2, -0.15) is 5.26 Å². The van der Waals surface area contributed by atoms with Gasteiger partial charge in [-0.25, -0.2) is 9.37 Å². The third kappa shape index (κ3) is 2.26. The molecule has 0 unspecified atom stereocenters. The van der Waals surface area contributed by atoms with Gasteiger partial charge >= 0.3 is 0 Å². The molecular weight excluding hydrogens is 423 g/mol. The van der Waals surface area contributed by atoms with Gasteiger partial charge in [0.25, 0.3) is 0 Å². The third-order valence-electron chi connectivity index (χ3n) is 4.26. The Hall–Kier alpha value is -2.69. The van der Waals surface area contributed by atoms with Crippen molar-refractivity contribution in [3.63, 3.8) is 0 Å². The van der Waals surface area contributed by atoms with Gasteiger partial charge in [0.2, 0.25) is 5.78 Å². The fraction of sp³-hybridized carbons (Fsp3) is 0.0556. The van der Waals surface area contributed by atoms with Crippen LogP contribution in [0.1, 0.15) is 21.5 Å². The average Bonchev–Trinajstić information content (AvgIpc) is 3.19. The molecule has 0 atom stereocenters. The van der Waals surface area contributed by atoms with E-state index in [1.807, 2.05) is 4.40 Å². The maximum absolute atomic E-state index is 13.6. The van der Waals surface area contributed by atoms with E-state index in [0.29, 0.717) is 15.8 Å². The molecule has 0 spiro atoms. The van der Waals surface area contributed by atoms with Gasteiger partial charge in [-0.3, -0.25) is 9.20 Å². The van der Waals surface area contributed by atoms with Crippen molar-refractivity contribution >= 4 is 50.1 Å². The van der Waals surface area contributed by atoms with Crippen LogP contribution in [0.25, 0.3) is 16.8 Å². The van der Waals surface area contributed by atoms with E-state index in [1.54, 1.807) is 30.1 Å². The summed E-state index contributed by atoms with van der Waals surface area (Å²) < 4.78 is 17.6. The monoisotopic (exact) mass is 430 g/mol. The van der Waals surface area contributed by atoms with Gasteiger partial charge in [-0.15, -0.1) is 0 Å². The Kier molecular flexibility index (Phi) is 3.83. The van der Waals surface area contributed by atoms with Crippen molar-refractivity contribution in [1.82, 2.24) is 14.0 Å². The fourth-order valence-electron chi connectivity index (χ4n) is 3.12. The number of benzene rings is 2. The Morgan fingerprint density at radius 2 is 2.15 bits per heavy atom. The van der Waals surface area contributed by atoms with E-state index in [4.69, 9.17) is 11.6 Å². The Bertz CT molecular complexity index is 1270. The van der Waals surface area contributed by atoms with Crippen LogP contribution in [0.5, 0.6) is 0 Å². The number of halogens is 3. The maximum atomic E-state index is 13.6. The largest absolute Gasteiger partial charge is 0.312 e. The second-order valence-corrected chi connectivity index (χ2v) is 6.96. The van der Waals surface area contributed by atoms with Crippen LogP contribution in [0.15, 0.2) is 41.1 Å². The van der Waals surface area contributed by atoms with Crippen molar-refractivity contribution in [3.05, 3.63) is 68.7 Å². The summed E-state index contributed by atoms with van der Waals surface area (Å²) in [6.45, 7) is 0. The van der Waals surface area contributed by atoms with Gasteiger partial charge in [-0.05, 0) is 40.2 Å². The minimum Gasteiger partial charge on any atom is -0.312 e. The summed E-state index contributed by atoms with van der Waals surface area (Å²) in [6, 6.07) is 7.41. The van der Waals surface area contributed by atoms with Gasteiger partial charge in [0.05, 0.1) is 27.2 Å². The van der Waals surface area contributed by atoms with E-state index in [2.05, 4.69) is 27.0 Å². The molecule has 0 amide bonds. The second kappa shape index (κ2) is 5.94. The topological polar surface area (TPSA) is 63.1 Å². The lowest BCUT2D eigenvalue weighted by atomic mass is 9.97. The van der Waals surface area contributed by atoms with Gasteiger partial charge in [0.1, 0.15) is 11.9 Å². The summed E-state index contributed by atoms with van der Waals surface area (Å²) >= 11 is 9.46. The molecule has 0 saturated carbocycles. The minimum atomic E-state index is -0.578. The quantitative estimate of drug-likeness (QED) is 0.440. The van der Waals surface area contributed by atoms with E-state index >= 15 is 0 Å². The van der Waals surface area contributed by atoms with Gasteiger partial charge < -0.3 is 4.57 Å². The molecule has 2 aromatic carbocycles. The smallest absolute Gasteiger partial charge is 0.214 e. The number of hydrogen-bond donors (Lipinski definition) is 0. The number of nitrogens with zero attached hydrogens (tertiary/aromatic N) is 4. The highest BCUT2D eigenvalue weighted by Crippen LogP contribution is 2.33. The van der Waals surface area contributed by atoms with Crippen LogP contribution in [0, 0.1) is 17.1 Å². The highest BCUT2D eigenvalue weighted by atomic mass is 79.9. The van der Waals surface area contributed by atoms with E-state index < -0.39 is 11.6 Å². The van der Waals surface area contributed by atoms with Crippen LogP contribution < -0.4 is 0 Å². The first kappa shape index (κ1) is 16.8. The standard InChI is InChI=1S/C18H9BrClFN4O/c1-24-16-11(8-22)15(17(26)10-6-9(21)2-3-13(10)20)12(19)7-14(16)25-5-4-23-18(24)25/h2-7H,1H3. The van der Waals surface area contributed by atoms with Crippen LogP contribution in [0.4, 0.5) is 4.39 Å². The Labute approximate surface area is 160 Å². The van der Waals surface area contributed by atoms with Crippen LogP contribution in [0.2, 0.25) is 5.02 Å². The molecular formula is C18H9BrClFN4O. The lowest BCUT2D eigenvalue weighted by Gasteiger charge is -2.10. The lowest BCUT2D eigenvalue weighted by Crippen LogP contribution is -2.08. The first-order chi connectivity index (χ1) is 12.4. The van der Waals surface area contributed by atoms with Crippen molar-refractivity contribution in [1.29, 1.82) is 5.26 Å². The molecule has 2 heterocycles. The van der Waals surface area contributed by atoms with Crippen molar-refractivity contribution < 1.29 is 9.18 Å². The van der Waals surface area contributed by atoms with E-state index in [-0.39, 0.29) is 21.7 Å². The highest BCUT2D eigenvalue weighted by Gasteiger charge is 2.25. The molecule has 0 saturated heterocycles. The predicted octanol–water partition coefficient (Wildman–Crippen LogP) is 4.48. The van der Waals surface area contributed by atoms with Crippen LogP contribution in [0.3, 0.4) is 0 Å². The number of hydrogen-bond acceptors (Lipinski definition) is 3. The van der Waals surface area contributed by atoms with E-state index in [1.165, 1.54) is 12.1 Å². The van der Waals surface area contributed by atoms with Crippen LogP contribution in [-0.4, -0.2) is 19.7 Å². The molecule has 2 aromatic heterocycles. The molecule has 0 aliphatic heterocycles. The van der Waals surface area contributed by atoms with E-state index in [0.717, 1.165) is 11.6 Å². The first-order valence-corrected chi connectivity index (χ1v) is 8.65. The number of rotatable bonds is 2. The molecule has 0 N–H and O–H groups in total. The lowest BCUT2D eigenvalue weighted by molar-refractivity contribution is 0.103. The maximum Gasteiger partial charge on any atom is 0.214 e. The number of imidazole rings is 2. The van der Waals surface area contributed by atoms with Crippen molar-refractivity contribution in [2.24, 2.45) is 7.05 Å². The van der Waals surface area contributed by atoms with Crippen LogP contribution >= 0.6 is 27.5 Å². The Balaban J connectivity index is 2.09. The molecule has 0 aliphatic rings. The number of carbonyl (C=O) groups excluding carboxylic acids is 1. The number of carbonyl (C=O) groups is 1. The third-order valence-corrected chi connectivity index (χ3v) is 5.21. The molecule has 0 fully saturated rings. The van der Waals surface area contributed by atoms with Gasteiger partial charge in [0, 0.05) is 29.5 Å². The molecule has 8 heteroatoms. The molecule has 0 aliphatic carbocycles. The number of fused-ring (bicyclic) bond motifs is 3. The minimum absolute atomic E-state index is 0.00204. The highest BCUT2D eigenvalue weighted by molar-refractivity contribution is 9.10. The zero-order valence-corrected chi connectivity index (χ0v) is 15.6. The fourth-order valence-corrected chi connectivity index (χ4v) is 3.92. The Morgan fingerprint density at radius 3 is 2.88 bits per heavy atom. The summed E-state index contributed by atoms with van der Waals surface area (Å²) in [5.41, 5.74) is 1.60. The van der Waals surface area contributed by atoms with Crippen molar-refractivity contribution in [3.8, 4) is 6.07 Å². The average molecular weight is 432 g/mol. The summed E-state index contributed by atoms with van der Waals surface area (Å²) in [7, 11) is 1.77. The molecule has 5 nitrogen and oxygen atoms in total. The molecule has 4 rings (SSSR count). The number of ketones is 1. The van der Waals surface area contributed by atoms with Crippen LogP contribution in [-0.2, 0) is 7.05 Å². The summed E-state index contributed by atoms with van der Waals surface area (Å²) in [6.07, 6.45) is 3.43. The zero-order chi connectivity index (χ0) is 18.6. The SMILES string of the molecule is Cn1c2c(C#N)c(C(=O)c3cc(F)ccc3Cl)c(Br)cc2n2ccnc12. The molecule has 0 radical (unpaired) electrons. The summed E-state index contributed by atoms with van der Waals surface area (Å²) in [4.78, 5) is 17.3. The number of aromatic nitrogens is 3. The summed E-state index contributed by atoms with van der Waals surface area (Å²) in [5, 5.41) is 9.89. The summed E-state index contributed by atoms with van der Waals surface area (Å²) in [5.74, 6) is -0.471. The molecule has 26 heavy (non-hydrogen) atoms. The first-order valence-electron chi connectivity index (χ1n) is 7.48.